The Labute approximate surface area is 113 Å². The molecule has 4 amide bonds. The summed E-state index contributed by atoms with van der Waals surface area (Å²) >= 11 is 0. The smallest absolute Gasteiger partial charge is 0.299 e. The number of nitrogens with zero attached hydrogens (tertiary/aromatic N) is 2. The van der Waals surface area contributed by atoms with E-state index in [9.17, 15) is 14.4 Å². The van der Waals surface area contributed by atoms with E-state index < -0.39 is 23.3 Å². The molecule has 1 aliphatic carbocycles. The van der Waals surface area contributed by atoms with Crippen molar-refractivity contribution in [1.29, 1.82) is 0 Å². The predicted molar refractivity (Wildman–Crippen MR) is 69.3 cm³/mol. The number of imide groups is 2. The lowest BCUT2D eigenvalue weighted by Gasteiger charge is -2.37. The second-order valence-corrected chi connectivity index (χ2v) is 6.05. The Bertz CT molecular complexity index is 429. The fourth-order valence-electron chi connectivity index (χ4n) is 2.25. The molecule has 0 spiro atoms. The molecule has 2 rings (SSSR count). The Hall–Kier alpha value is -1.43. The van der Waals surface area contributed by atoms with Gasteiger partial charge in [0.2, 0.25) is 11.8 Å². The second kappa shape index (κ2) is 4.59. The molecule has 0 bridgehead atoms. The lowest BCUT2D eigenvalue weighted by molar-refractivity contribution is -0.149. The van der Waals surface area contributed by atoms with Gasteiger partial charge in [-0.3, -0.25) is 24.7 Å². The van der Waals surface area contributed by atoms with E-state index in [-0.39, 0.29) is 6.04 Å². The van der Waals surface area contributed by atoms with E-state index in [0.717, 1.165) is 4.90 Å². The van der Waals surface area contributed by atoms with Crippen molar-refractivity contribution >= 4 is 17.8 Å². The Morgan fingerprint density at radius 2 is 1.95 bits per heavy atom. The SMILES string of the molecule is CC(CN1C(=O)NC(=O)C(C)(C)C1=O)N(C)C1CC1. The van der Waals surface area contributed by atoms with Gasteiger partial charge in [-0.2, -0.15) is 0 Å². The van der Waals surface area contributed by atoms with E-state index in [1.54, 1.807) is 13.8 Å². The van der Waals surface area contributed by atoms with Crippen LogP contribution in [0.15, 0.2) is 0 Å². The number of urea groups is 1. The lowest BCUT2D eigenvalue weighted by atomic mass is 9.88. The van der Waals surface area contributed by atoms with Crippen molar-refractivity contribution in [1.82, 2.24) is 15.1 Å². The number of barbiturate groups is 1. The number of carbonyl (C=O) groups excluding carboxylic acids is 3. The molecule has 1 saturated carbocycles. The van der Waals surface area contributed by atoms with Crippen LogP contribution in [-0.2, 0) is 9.59 Å². The van der Waals surface area contributed by atoms with Crippen molar-refractivity contribution in [2.75, 3.05) is 13.6 Å². The molecule has 6 heteroatoms. The minimum atomic E-state index is -1.17. The van der Waals surface area contributed by atoms with Gasteiger partial charge < -0.3 is 0 Å². The quantitative estimate of drug-likeness (QED) is 0.756. The fourth-order valence-corrected chi connectivity index (χ4v) is 2.25. The van der Waals surface area contributed by atoms with Crippen molar-refractivity contribution < 1.29 is 14.4 Å². The van der Waals surface area contributed by atoms with Crippen molar-refractivity contribution in [3.63, 3.8) is 0 Å². The van der Waals surface area contributed by atoms with Crippen molar-refractivity contribution in [2.45, 2.75) is 45.7 Å². The van der Waals surface area contributed by atoms with Gasteiger partial charge >= 0.3 is 6.03 Å². The predicted octanol–water partition coefficient (Wildman–Crippen LogP) is 0.574. The van der Waals surface area contributed by atoms with Crippen LogP contribution in [0.4, 0.5) is 4.79 Å². The van der Waals surface area contributed by atoms with E-state index in [1.807, 2.05) is 14.0 Å². The van der Waals surface area contributed by atoms with Gasteiger partial charge in [-0.1, -0.05) is 0 Å². The van der Waals surface area contributed by atoms with Crippen LogP contribution in [-0.4, -0.2) is 53.3 Å². The summed E-state index contributed by atoms with van der Waals surface area (Å²) in [5.74, 6) is -0.945. The molecule has 0 radical (unpaired) electrons. The van der Waals surface area contributed by atoms with E-state index in [0.29, 0.717) is 12.6 Å². The molecule has 19 heavy (non-hydrogen) atoms. The Morgan fingerprint density at radius 1 is 1.37 bits per heavy atom. The van der Waals surface area contributed by atoms with Crippen molar-refractivity contribution in [2.24, 2.45) is 5.41 Å². The maximum Gasteiger partial charge on any atom is 0.330 e. The molecule has 1 N–H and O–H groups in total. The Balaban J connectivity index is 2.07. The molecular formula is C13H21N3O3. The number of nitrogens with one attached hydrogen (secondary N) is 1. The summed E-state index contributed by atoms with van der Waals surface area (Å²) < 4.78 is 0. The van der Waals surface area contributed by atoms with E-state index >= 15 is 0 Å². The molecular weight excluding hydrogens is 246 g/mol. The highest BCUT2D eigenvalue weighted by Crippen LogP contribution is 2.28. The van der Waals surface area contributed by atoms with Crippen LogP contribution in [0.5, 0.6) is 0 Å². The zero-order chi connectivity index (χ0) is 14.4. The Kier molecular flexibility index (Phi) is 3.38. The topological polar surface area (TPSA) is 69.7 Å². The normalized spacial score (nSPS) is 24.7. The fraction of sp³-hybridized carbons (Fsp3) is 0.769. The van der Waals surface area contributed by atoms with E-state index in [4.69, 9.17) is 0 Å². The third-order valence-electron chi connectivity index (χ3n) is 4.08. The minimum Gasteiger partial charge on any atom is -0.299 e. The summed E-state index contributed by atoms with van der Waals surface area (Å²) in [5.41, 5.74) is -1.17. The third-order valence-corrected chi connectivity index (χ3v) is 4.08. The summed E-state index contributed by atoms with van der Waals surface area (Å²) in [4.78, 5) is 39.0. The molecule has 0 aromatic rings. The van der Waals surface area contributed by atoms with Gasteiger partial charge in [0, 0.05) is 18.6 Å². The van der Waals surface area contributed by atoms with E-state index in [1.165, 1.54) is 12.8 Å². The third kappa shape index (κ3) is 2.49. The van der Waals surface area contributed by atoms with Gasteiger partial charge in [0.05, 0.1) is 0 Å². The van der Waals surface area contributed by atoms with Gasteiger partial charge in [0.1, 0.15) is 5.41 Å². The highest BCUT2D eigenvalue weighted by atomic mass is 16.2. The van der Waals surface area contributed by atoms with Gasteiger partial charge in [-0.25, -0.2) is 4.79 Å². The first-order chi connectivity index (χ1) is 8.75. The molecule has 106 valence electrons. The lowest BCUT2D eigenvalue weighted by Crippen LogP contribution is -2.63. The number of carbonyl (C=O) groups is 3. The van der Waals surface area contributed by atoms with Gasteiger partial charge in [-0.05, 0) is 40.7 Å². The number of amides is 4. The number of rotatable bonds is 4. The molecule has 1 heterocycles. The maximum absolute atomic E-state index is 12.2. The number of likely N-dealkylation sites (N-methyl/N-ethyl adjacent to an activating group) is 1. The maximum atomic E-state index is 12.2. The molecule has 0 aromatic carbocycles. The van der Waals surface area contributed by atoms with Crippen LogP contribution in [0.25, 0.3) is 0 Å². The minimum absolute atomic E-state index is 0.0891. The molecule has 1 aliphatic heterocycles. The van der Waals surface area contributed by atoms with E-state index in [2.05, 4.69) is 10.2 Å². The molecule has 2 aliphatic rings. The highest BCUT2D eigenvalue weighted by molar-refractivity contribution is 6.18. The molecule has 6 nitrogen and oxygen atoms in total. The Morgan fingerprint density at radius 3 is 2.47 bits per heavy atom. The van der Waals surface area contributed by atoms with Crippen LogP contribution in [0.1, 0.15) is 33.6 Å². The molecule has 1 unspecified atom stereocenters. The summed E-state index contributed by atoms with van der Waals surface area (Å²) in [7, 11) is 2.00. The van der Waals surface area contributed by atoms with Gasteiger partial charge in [0.15, 0.2) is 0 Å². The van der Waals surface area contributed by atoms with Crippen LogP contribution >= 0.6 is 0 Å². The van der Waals surface area contributed by atoms with Crippen molar-refractivity contribution in [3.05, 3.63) is 0 Å². The molecule has 1 saturated heterocycles. The first kappa shape index (κ1) is 14.0. The zero-order valence-electron chi connectivity index (χ0n) is 11.9. The summed E-state index contributed by atoms with van der Waals surface area (Å²) in [6.07, 6.45) is 2.34. The van der Waals surface area contributed by atoms with Gasteiger partial charge in [-0.15, -0.1) is 0 Å². The first-order valence-electron chi connectivity index (χ1n) is 6.64. The monoisotopic (exact) mass is 267 g/mol. The van der Waals surface area contributed by atoms with Crippen LogP contribution < -0.4 is 5.32 Å². The number of hydrogen-bond donors (Lipinski definition) is 1. The first-order valence-corrected chi connectivity index (χ1v) is 6.64. The summed E-state index contributed by atoms with van der Waals surface area (Å²) in [6, 6.07) is 0.0455. The second-order valence-electron chi connectivity index (χ2n) is 6.05. The average molecular weight is 267 g/mol. The standard InChI is InChI=1S/C13H21N3O3/c1-8(15(4)9-5-6-9)7-16-11(18)13(2,3)10(17)14-12(16)19/h8-9H,5-7H2,1-4H3,(H,14,17,19). The van der Waals surface area contributed by atoms with Crippen LogP contribution in [0, 0.1) is 5.41 Å². The largest absolute Gasteiger partial charge is 0.330 e. The highest BCUT2D eigenvalue weighted by Gasteiger charge is 2.47. The van der Waals surface area contributed by atoms with Crippen molar-refractivity contribution in [3.8, 4) is 0 Å². The summed E-state index contributed by atoms with van der Waals surface area (Å²) in [6.45, 7) is 5.38. The van der Waals surface area contributed by atoms with Gasteiger partial charge in [0.25, 0.3) is 0 Å². The molecule has 1 atom stereocenters. The number of hydrogen-bond acceptors (Lipinski definition) is 4. The zero-order valence-corrected chi connectivity index (χ0v) is 11.9. The molecule has 0 aromatic heterocycles. The van der Waals surface area contributed by atoms with Crippen LogP contribution in [0.3, 0.4) is 0 Å². The average Bonchev–Trinajstić information content (AvgIpc) is 3.15. The van der Waals surface area contributed by atoms with Crippen LogP contribution in [0.2, 0.25) is 0 Å². The molecule has 2 fully saturated rings. The summed E-state index contributed by atoms with van der Waals surface area (Å²) in [5, 5.41) is 2.25.